The quantitative estimate of drug-likeness (QED) is 0.752. The Hall–Kier alpha value is -1.67. The fourth-order valence-electron chi connectivity index (χ4n) is 1.63. The fourth-order valence-corrected chi connectivity index (χ4v) is 2.49. The van der Waals surface area contributed by atoms with Gasteiger partial charge in [-0.05, 0) is 18.4 Å². The van der Waals surface area contributed by atoms with E-state index in [0.717, 1.165) is 4.88 Å². The van der Waals surface area contributed by atoms with E-state index in [1.807, 2.05) is 23.6 Å². The summed E-state index contributed by atoms with van der Waals surface area (Å²) in [5, 5.41) is 10.9. The van der Waals surface area contributed by atoms with Crippen LogP contribution < -0.4 is 0 Å². The number of methoxy groups -OCH3 is 1. The third-order valence-electron chi connectivity index (χ3n) is 2.41. The number of thiophene rings is 1. The minimum atomic E-state index is -0.928. The van der Waals surface area contributed by atoms with E-state index in [1.165, 1.54) is 25.4 Å². The zero-order valence-electron chi connectivity index (χ0n) is 9.67. The van der Waals surface area contributed by atoms with Crippen LogP contribution in [0.2, 0.25) is 0 Å². The minimum Gasteiger partial charge on any atom is -0.468 e. The van der Waals surface area contributed by atoms with Crippen LogP contribution in [0, 0.1) is 17.2 Å². The van der Waals surface area contributed by atoms with E-state index in [1.54, 1.807) is 0 Å². The van der Waals surface area contributed by atoms with E-state index in [2.05, 4.69) is 4.74 Å². The first-order chi connectivity index (χ1) is 8.10. The summed E-state index contributed by atoms with van der Waals surface area (Å²) in [4.78, 5) is 23.6. The SMILES string of the molecule is COC(=O)C(C#N)[C@H](CC(C)=O)c1cccs1. The van der Waals surface area contributed by atoms with Gasteiger partial charge < -0.3 is 9.53 Å². The largest absolute Gasteiger partial charge is 0.468 e. The van der Waals surface area contributed by atoms with Crippen LogP contribution >= 0.6 is 11.3 Å². The van der Waals surface area contributed by atoms with Gasteiger partial charge in [0.05, 0.1) is 13.2 Å². The summed E-state index contributed by atoms with van der Waals surface area (Å²) in [7, 11) is 1.24. The Bertz CT molecular complexity index is 433. The highest BCUT2D eigenvalue weighted by Gasteiger charge is 2.32. The number of nitrogens with zero attached hydrogens (tertiary/aromatic N) is 1. The second kappa shape index (κ2) is 6.16. The van der Waals surface area contributed by atoms with Crippen LogP contribution in [0.15, 0.2) is 17.5 Å². The molecular weight excluding hydrogens is 238 g/mol. The number of nitriles is 1. The second-order valence-electron chi connectivity index (χ2n) is 3.66. The molecule has 4 nitrogen and oxygen atoms in total. The molecule has 0 fully saturated rings. The molecule has 1 aromatic rings. The van der Waals surface area contributed by atoms with Gasteiger partial charge in [-0.25, -0.2) is 0 Å². The maximum atomic E-state index is 11.5. The standard InChI is InChI=1S/C12H13NO3S/c1-8(14)6-9(11-4-3-5-17-11)10(7-13)12(15)16-2/h3-5,9-10H,6H2,1-2H3/t9-,10?/m0/s1. The highest BCUT2D eigenvalue weighted by atomic mass is 32.1. The maximum Gasteiger partial charge on any atom is 0.323 e. The molecule has 0 aromatic carbocycles. The topological polar surface area (TPSA) is 67.2 Å². The van der Waals surface area contributed by atoms with Crippen LogP contribution in [0.4, 0.5) is 0 Å². The summed E-state index contributed by atoms with van der Waals surface area (Å²) in [6.07, 6.45) is 0.174. The van der Waals surface area contributed by atoms with Gasteiger partial charge in [0.15, 0.2) is 5.92 Å². The van der Waals surface area contributed by atoms with E-state index < -0.39 is 17.8 Å². The maximum absolute atomic E-state index is 11.5. The third kappa shape index (κ3) is 3.40. The zero-order valence-corrected chi connectivity index (χ0v) is 10.5. The van der Waals surface area contributed by atoms with Gasteiger partial charge in [0, 0.05) is 17.2 Å². The van der Waals surface area contributed by atoms with Gasteiger partial charge in [0.25, 0.3) is 0 Å². The minimum absolute atomic E-state index is 0.0486. The Balaban J connectivity index is 3.01. The Labute approximate surface area is 104 Å². The van der Waals surface area contributed by atoms with E-state index in [-0.39, 0.29) is 12.2 Å². The molecule has 1 aromatic heterocycles. The average Bonchev–Trinajstić information content (AvgIpc) is 2.81. The molecule has 5 heteroatoms. The number of rotatable bonds is 5. The highest BCUT2D eigenvalue weighted by molar-refractivity contribution is 7.10. The number of carbonyl (C=O) groups is 2. The molecule has 0 amide bonds. The van der Waals surface area contributed by atoms with Crippen molar-refractivity contribution in [2.24, 2.45) is 5.92 Å². The van der Waals surface area contributed by atoms with Crippen LogP contribution in [0.5, 0.6) is 0 Å². The normalized spacial score (nSPS) is 13.5. The summed E-state index contributed by atoms with van der Waals surface area (Å²) in [6, 6.07) is 5.58. The van der Waals surface area contributed by atoms with E-state index >= 15 is 0 Å². The molecule has 0 N–H and O–H groups in total. The summed E-state index contributed by atoms with van der Waals surface area (Å²) < 4.78 is 4.60. The predicted octanol–water partition coefficient (Wildman–Crippen LogP) is 2.12. The van der Waals surface area contributed by atoms with Gasteiger partial charge in [-0.3, -0.25) is 4.79 Å². The molecule has 0 radical (unpaired) electrons. The Morgan fingerprint density at radius 3 is 2.71 bits per heavy atom. The van der Waals surface area contributed by atoms with Crippen molar-refractivity contribution < 1.29 is 14.3 Å². The lowest BCUT2D eigenvalue weighted by Gasteiger charge is -2.17. The Morgan fingerprint density at radius 2 is 2.29 bits per heavy atom. The van der Waals surface area contributed by atoms with Crippen LogP contribution in [0.3, 0.4) is 0 Å². The molecule has 0 aliphatic rings. The van der Waals surface area contributed by atoms with Gasteiger partial charge >= 0.3 is 5.97 Å². The molecule has 1 rings (SSSR count). The molecule has 1 heterocycles. The van der Waals surface area contributed by atoms with Crippen molar-refractivity contribution in [3.63, 3.8) is 0 Å². The van der Waals surface area contributed by atoms with Gasteiger partial charge in [-0.1, -0.05) is 6.07 Å². The number of esters is 1. The van der Waals surface area contributed by atoms with Gasteiger partial charge in [0.2, 0.25) is 0 Å². The van der Waals surface area contributed by atoms with Gasteiger partial charge in [0.1, 0.15) is 5.78 Å². The number of ketones is 1. The summed E-state index contributed by atoms with van der Waals surface area (Å²) in [6.45, 7) is 1.45. The number of hydrogen-bond acceptors (Lipinski definition) is 5. The molecule has 1 unspecified atom stereocenters. The van der Waals surface area contributed by atoms with Gasteiger partial charge in [-0.2, -0.15) is 5.26 Å². The Kier molecular flexibility index (Phi) is 4.85. The van der Waals surface area contributed by atoms with Crippen molar-refractivity contribution in [2.45, 2.75) is 19.3 Å². The van der Waals surface area contributed by atoms with Crippen molar-refractivity contribution in [1.82, 2.24) is 0 Å². The van der Waals surface area contributed by atoms with Crippen LogP contribution in [-0.4, -0.2) is 18.9 Å². The number of ether oxygens (including phenoxy) is 1. The lowest BCUT2D eigenvalue weighted by atomic mass is 9.88. The van der Waals surface area contributed by atoms with Crippen molar-refractivity contribution >= 4 is 23.1 Å². The number of Topliss-reactive ketones (excluding diaryl/α,β-unsaturated/α-hetero) is 1. The molecule has 0 bridgehead atoms. The van der Waals surface area contributed by atoms with Crippen LogP contribution in [0.1, 0.15) is 24.1 Å². The van der Waals surface area contributed by atoms with Gasteiger partial charge in [-0.15, -0.1) is 11.3 Å². The summed E-state index contributed by atoms with van der Waals surface area (Å²) >= 11 is 1.43. The lowest BCUT2D eigenvalue weighted by Crippen LogP contribution is -2.23. The van der Waals surface area contributed by atoms with Crippen LogP contribution in [0.25, 0.3) is 0 Å². The highest BCUT2D eigenvalue weighted by Crippen LogP contribution is 2.32. The molecule has 0 spiro atoms. The van der Waals surface area contributed by atoms with Crippen molar-refractivity contribution in [3.8, 4) is 6.07 Å². The van der Waals surface area contributed by atoms with E-state index in [0.29, 0.717) is 0 Å². The second-order valence-corrected chi connectivity index (χ2v) is 4.64. The summed E-state index contributed by atoms with van der Waals surface area (Å²) in [5.41, 5.74) is 0. The fraction of sp³-hybridized carbons (Fsp3) is 0.417. The van der Waals surface area contributed by atoms with Crippen molar-refractivity contribution in [2.75, 3.05) is 7.11 Å². The number of hydrogen-bond donors (Lipinski definition) is 0. The third-order valence-corrected chi connectivity index (χ3v) is 3.42. The molecule has 2 atom stereocenters. The van der Waals surface area contributed by atoms with Crippen LogP contribution in [-0.2, 0) is 14.3 Å². The molecule has 90 valence electrons. The first-order valence-corrected chi connectivity index (χ1v) is 5.98. The lowest BCUT2D eigenvalue weighted by molar-refractivity contribution is -0.144. The molecule has 17 heavy (non-hydrogen) atoms. The molecule has 0 aliphatic carbocycles. The predicted molar refractivity (Wildman–Crippen MR) is 63.5 cm³/mol. The monoisotopic (exact) mass is 251 g/mol. The first-order valence-electron chi connectivity index (χ1n) is 5.10. The van der Waals surface area contributed by atoms with Crippen molar-refractivity contribution in [3.05, 3.63) is 22.4 Å². The van der Waals surface area contributed by atoms with E-state index in [9.17, 15) is 9.59 Å². The van der Waals surface area contributed by atoms with Crippen molar-refractivity contribution in [1.29, 1.82) is 5.26 Å². The Morgan fingerprint density at radius 1 is 1.59 bits per heavy atom. The molecule has 0 saturated carbocycles. The smallest absolute Gasteiger partial charge is 0.323 e. The molecule has 0 aliphatic heterocycles. The average molecular weight is 251 g/mol. The molecular formula is C12H13NO3S. The molecule has 0 saturated heterocycles. The summed E-state index contributed by atoms with van der Waals surface area (Å²) in [5.74, 6) is -1.98. The first kappa shape index (κ1) is 13.4. The number of carbonyl (C=O) groups excluding carboxylic acids is 2. The zero-order chi connectivity index (χ0) is 12.8. The van der Waals surface area contributed by atoms with E-state index in [4.69, 9.17) is 5.26 Å².